The summed E-state index contributed by atoms with van der Waals surface area (Å²) in [6, 6.07) is 5.73. The van der Waals surface area contributed by atoms with Gasteiger partial charge in [0.2, 0.25) is 0 Å². The first-order chi connectivity index (χ1) is 9.73. The molecule has 0 radical (unpaired) electrons. The second-order valence-corrected chi connectivity index (χ2v) is 5.49. The molecule has 0 aliphatic rings. The Kier molecular flexibility index (Phi) is 4.98. The SMILES string of the molecule is CCCc1nc(-c2cc(OC)ccc2OC)sc1CN. The quantitative estimate of drug-likeness (QED) is 0.888. The number of rotatable bonds is 6. The molecule has 2 aromatic rings. The standard InChI is InChI=1S/C15H20N2O2S/c1-4-5-12-14(9-16)20-15(17-12)11-8-10(18-2)6-7-13(11)19-3/h6-8H,4-5,9,16H2,1-3H3. The Hall–Kier alpha value is -1.59. The minimum Gasteiger partial charge on any atom is -0.497 e. The molecule has 0 atom stereocenters. The van der Waals surface area contributed by atoms with Crippen LogP contribution in [0.5, 0.6) is 11.5 Å². The number of nitrogens with zero attached hydrogens (tertiary/aromatic N) is 1. The van der Waals surface area contributed by atoms with Gasteiger partial charge in [-0.1, -0.05) is 13.3 Å². The maximum absolute atomic E-state index is 5.81. The Morgan fingerprint density at radius 1 is 1.25 bits per heavy atom. The first-order valence-electron chi connectivity index (χ1n) is 6.64. The molecule has 1 aromatic heterocycles. The fourth-order valence-electron chi connectivity index (χ4n) is 2.07. The molecule has 0 saturated carbocycles. The summed E-state index contributed by atoms with van der Waals surface area (Å²) in [5, 5.41) is 0.935. The fourth-order valence-corrected chi connectivity index (χ4v) is 3.08. The third-order valence-electron chi connectivity index (χ3n) is 3.09. The zero-order valence-electron chi connectivity index (χ0n) is 12.1. The molecule has 0 fully saturated rings. The number of aromatic nitrogens is 1. The summed E-state index contributed by atoms with van der Waals surface area (Å²) in [7, 11) is 3.32. The van der Waals surface area contributed by atoms with Crippen molar-refractivity contribution in [3.8, 4) is 22.1 Å². The number of hydrogen-bond donors (Lipinski definition) is 1. The van der Waals surface area contributed by atoms with Crippen molar-refractivity contribution >= 4 is 11.3 Å². The van der Waals surface area contributed by atoms with Crippen molar-refractivity contribution in [2.45, 2.75) is 26.3 Å². The molecular formula is C15H20N2O2S. The summed E-state index contributed by atoms with van der Waals surface area (Å²) in [5.41, 5.74) is 7.86. The van der Waals surface area contributed by atoms with Crippen LogP contribution in [0.25, 0.3) is 10.6 Å². The van der Waals surface area contributed by atoms with Gasteiger partial charge in [-0.15, -0.1) is 11.3 Å². The van der Waals surface area contributed by atoms with Gasteiger partial charge >= 0.3 is 0 Å². The van der Waals surface area contributed by atoms with E-state index in [9.17, 15) is 0 Å². The molecule has 0 bridgehead atoms. The first-order valence-corrected chi connectivity index (χ1v) is 7.46. The van der Waals surface area contributed by atoms with Crippen molar-refractivity contribution in [1.29, 1.82) is 0 Å². The van der Waals surface area contributed by atoms with Crippen LogP contribution in [0.1, 0.15) is 23.9 Å². The van der Waals surface area contributed by atoms with Crippen LogP contribution in [0.3, 0.4) is 0 Å². The Morgan fingerprint density at radius 3 is 2.65 bits per heavy atom. The number of hydrogen-bond acceptors (Lipinski definition) is 5. The van der Waals surface area contributed by atoms with Crippen LogP contribution in [0.2, 0.25) is 0 Å². The Morgan fingerprint density at radius 2 is 2.05 bits per heavy atom. The molecule has 0 aliphatic heterocycles. The second-order valence-electron chi connectivity index (χ2n) is 4.41. The predicted octanol–water partition coefficient (Wildman–Crippen LogP) is 3.24. The maximum atomic E-state index is 5.81. The lowest BCUT2D eigenvalue weighted by Gasteiger charge is -2.08. The lowest BCUT2D eigenvalue weighted by molar-refractivity contribution is 0.404. The zero-order valence-corrected chi connectivity index (χ0v) is 12.9. The van der Waals surface area contributed by atoms with Crippen LogP contribution in [0, 0.1) is 0 Å². The van der Waals surface area contributed by atoms with Crippen LogP contribution in [-0.4, -0.2) is 19.2 Å². The first kappa shape index (κ1) is 14.8. The van der Waals surface area contributed by atoms with Gasteiger partial charge in [-0.2, -0.15) is 0 Å². The lowest BCUT2D eigenvalue weighted by Crippen LogP contribution is -1.97. The van der Waals surface area contributed by atoms with Gasteiger partial charge in [-0.05, 0) is 24.6 Å². The fraction of sp³-hybridized carbons (Fsp3) is 0.400. The lowest BCUT2D eigenvalue weighted by atomic mass is 10.2. The zero-order chi connectivity index (χ0) is 14.5. The van der Waals surface area contributed by atoms with E-state index in [1.807, 2.05) is 18.2 Å². The van der Waals surface area contributed by atoms with Crippen molar-refractivity contribution in [2.75, 3.05) is 14.2 Å². The Bertz CT molecular complexity index is 581. The number of methoxy groups -OCH3 is 2. The Balaban J connectivity index is 2.49. The number of aryl methyl sites for hydroxylation is 1. The van der Waals surface area contributed by atoms with Crippen LogP contribution >= 0.6 is 11.3 Å². The number of benzene rings is 1. The van der Waals surface area contributed by atoms with E-state index >= 15 is 0 Å². The molecule has 2 N–H and O–H groups in total. The van der Waals surface area contributed by atoms with Gasteiger partial charge in [-0.25, -0.2) is 4.98 Å². The number of thiazole rings is 1. The molecule has 1 heterocycles. The van der Waals surface area contributed by atoms with E-state index < -0.39 is 0 Å². The highest BCUT2D eigenvalue weighted by molar-refractivity contribution is 7.15. The third-order valence-corrected chi connectivity index (χ3v) is 4.24. The van der Waals surface area contributed by atoms with Crippen molar-refractivity contribution in [3.63, 3.8) is 0 Å². The summed E-state index contributed by atoms with van der Waals surface area (Å²) in [6.07, 6.45) is 2.01. The molecule has 0 unspecified atom stereocenters. The minimum absolute atomic E-state index is 0.527. The second kappa shape index (κ2) is 6.72. The summed E-state index contributed by atoms with van der Waals surface area (Å²) in [4.78, 5) is 5.87. The van der Waals surface area contributed by atoms with Gasteiger partial charge in [0.25, 0.3) is 0 Å². The average molecular weight is 292 g/mol. The van der Waals surface area contributed by atoms with Gasteiger partial charge in [0.1, 0.15) is 16.5 Å². The molecule has 4 nitrogen and oxygen atoms in total. The van der Waals surface area contributed by atoms with E-state index in [-0.39, 0.29) is 0 Å². The molecule has 5 heteroatoms. The van der Waals surface area contributed by atoms with E-state index in [2.05, 4.69) is 6.92 Å². The van der Waals surface area contributed by atoms with Gasteiger partial charge in [0.05, 0.1) is 25.5 Å². The maximum Gasteiger partial charge on any atom is 0.129 e. The Labute approximate surface area is 123 Å². The highest BCUT2D eigenvalue weighted by Gasteiger charge is 2.15. The van der Waals surface area contributed by atoms with E-state index in [4.69, 9.17) is 20.2 Å². The molecule has 0 spiro atoms. The molecule has 2 rings (SSSR count). The van der Waals surface area contributed by atoms with Crippen LogP contribution < -0.4 is 15.2 Å². The van der Waals surface area contributed by atoms with E-state index in [1.54, 1.807) is 25.6 Å². The molecule has 0 saturated heterocycles. The van der Waals surface area contributed by atoms with Crippen molar-refractivity contribution in [3.05, 3.63) is 28.8 Å². The van der Waals surface area contributed by atoms with Crippen LogP contribution in [0.15, 0.2) is 18.2 Å². The minimum atomic E-state index is 0.527. The highest BCUT2D eigenvalue weighted by Crippen LogP contribution is 2.37. The molecule has 108 valence electrons. The predicted molar refractivity (Wildman–Crippen MR) is 82.5 cm³/mol. The van der Waals surface area contributed by atoms with Gasteiger partial charge in [-0.3, -0.25) is 0 Å². The van der Waals surface area contributed by atoms with Crippen LogP contribution in [0.4, 0.5) is 0 Å². The summed E-state index contributed by atoms with van der Waals surface area (Å²) in [5.74, 6) is 1.59. The van der Waals surface area contributed by atoms with E-state index in [0.717, 1.165) is 45.5 Å². The summed E-state index contributed by atoms with van der Waals surface area (Å²) in [6.45, 7) is 2.67. The van der Waals surface area contributed by atoms with Gasteiger partial charge in [0, 0.05) is 11.4 Å². The monoisotopic (exact) mass is 292 g/mol. The smallest absolute Gasteiger partial charge is 0.129 e. The van der Waals surface area contributed by atoms with Crippen LogP contribution in [-0.2, 0) is 13.0 Å². The topological polar surface area (TPSA) is 57.4 Å². The average Bonchev–Trinajstić information content (AvgIpc) is 2.90. The van der Waals surface area contributed by atoms with Gasteiger partial charge in [0.15, 0.2) is 0 Å². The van der Waals surface area contributed by atoms with E-state index in [0.29, 0.717) is 6.54 Å². The van der Waals surface area contributed by atoms with E-state index in [1.165, 1.54) is 0 Å². The number of ether oxygens (including phenoxy) is 2. The molecule has 0 aliphatic carbocycles. The highest BCUT2D eigenvalue weighted by atomic mass is 32.1. The van der Waals surface area contributed by atoms with Crippen molar-refractivity contribution in [2.24, 2.45) is 5.73 Å². The molecular weight excluding hydrogens is 272 g/mol. The van der Waals surface area contributed by atoms with Gasteiger partial charge < -0.3 is 15.2 Å². The largest absolute Gasteiger partial charge is 0.497 e. The molecule has 1 aromatic carbocycles. The molecule has 20 heavy (non-hydrogen) atoms. The summed E-state index contributed by atoms with van der Waals surface area (Å²) < 4.78 is 10.7. The molecule has 0 amide bonds. The summed E-state index contributed by atoms with van der Waals surface area (Å²) >= 11 is 1.63. The third kappa shape index (κ3) is 2.94. The van der Waals surface area contributed by atoms with Crippen molar-refractivity contribution in [1.82, 2.24) is 4.98 Å². The normalized spacial score (nSPS) is 10.6. The number of nitrogens with two attached hydrogens (primary N) is 1. The van der Waals surface area contributed by atoms with Crippen molar-refractivity contribution < 1.29 is 9.47 Å².